The van der Waals surface area contributed by atoms with Crippen molar-refractivity contribution in [3.63, 3.8) is 0 Å². The second-order valence-electron chi connectivity index (χ2n) is 13.8. The lowest BCUT2D eigenvalue weighted by atomic mass is 9.71. The van der Waals surface area contributed by atoms with Gasteiger partial charge in [-0.25, -0.2) is 9.50 Å². The molecule has 0 bridgehead atoms. The summed E-state index contributed by atoms with van der Waals surface area (Å²) in [5.74, 6) is -1.10. The second kappa shape index (κ2) is 10.7. The first kappa shape index (κ1) is 30.0. The van der Waals surface area contributed by atoms with Crippen LogP contribution in [0.4, 0.5) is 0 Å². The maximum atomic E-state index is 13.9. The van der Waals surface area contributed by atoms with Crippen molar-refractivity contribution in [1.82, 2.24) is 24.4 Å². The SMILES string of the molecule is CC1(C(=O)O)CCC(C(=O)N2CCN(C(=O)c3cn4nc(-c5ccc(Cl)cc5)cc(C(C)(C)C)c4n3)C(C)(C)C2)CC1. The van der Waals surface area contributed by atoms with E-state index in [2.05, 4.69) is 20.8 Å². The Kier molecular flexibility index (Phi) is 7.62. The molecule has 1 N–H and O–H groups in total. The van der Waals surface area contributed by atoms with E-state index < -0.39 is 16.9 Å². The maximum absolute atomic E-state index is 13.9. The number of carbonyl (C=O) groups is 3. The van der Waals surface area contributed by atoms with Crippen molar-refractivity contribution in [2.75, 3.05) is 19.6 Å². The lowest BCUT2D eigenvalue weighted by Gasteiger charge is -2.48. The fourth-order valence-corrected chi connectivity index (χ4v) is 6.35. The molecule has 0 atom stereocenters. The summed E-state index contributed by atoms with van der Waals surface area (Å²) in [6.45, 7) is 13.3. The highest BCUT2D eigenvalue weighted by atomic mass is 35.5. The van der Waals surface area contributed by atoms with Gasteiger partial charge in [0.05, 0.1) is 22.8 Å². The van der Waals surface area contributed by atoms with Gasteiger partial charge in [0, 0.05) is 41.7 Å². The van der Waals surface area contributed by atoms with E-state index in [9.17, 15) is 19.5 Å². The summed E-state index contributed by atoms with van der Waals surface area (Å²) in [5, 5.41) is 15.0. The molecule has 2 amide bonds. The van der Waals surface area contributed by atoms with Crippen molar-refractivity contribution in [2.45, 2.75) is 78.2 Å². The van der Waals surface area contributed by atoms with Crippen LogP contribution in [0.3, 0.4) is 0 Å². The summed E-state index contributed by atoms with van der Waals surface area (Å²) in [5.41, 5.74) is 1.99. The first-order valence-corrected chi connectivity index (χ1v) is 15.0. The lowest BCUT2D eigenvalue weighted by molar-refractivity contribution is -0.153. The number of carboxylic acids is 1. The Bertz CT molecular complexity index is 1530. The highest BCUT2D eigenvalue weighted by Crippen LogP contribution is 2.40. The van der Waals surface area contributed by atoms with E-state index in [0.29, 0.717) is 61.7 Å². The highest BCUT2D eigenvalue weighted by molar-refractivity contribution is 6.30. The molecule has 2 fully saturated rings. The maximum Gasteiger partial charge on any atom is 0.309 e. The molecular formula is C32H40ClN5O4. The number of rotatable bonds is 4. The monoisotopic (exact) mass is 593 g/mol. The molecule has 10 heteroatoms. The Morgan fingerprint density at radius 3 is 2.24 bits per heavy atom. The molecule has 1 aliphatic heterocycles. The fraction of sp³-hybridized carbons (Fsp3) is 0.531. The van der Waals surface area contributed by atoms with Crippen LogP contribution < -0.4 is 0 Å². The number of carbonyl (C=O) groups excluding carboxylic acids is 2. The van der Waals surface area contributed by atoms with Crippen LogP contribution in [0.25, 0.3) is 16.9 Å². The number of fused-ring (bicyclic) bond motifs is 1. The van der Waals surface area contributed by atoms with Gasteiger partial charge in [0.15, 0.2) is 5.65 Å². The number of nitrogens with zero attached hydrogens (tertiary/aromatic N) is 5. The van der Waals surface area contributed by atoms with Crippen molar-refractivity contribution in [1.29, 1.82) is 0 Å². The number of imidazole rings is 1. The zero-order chi connectivity index (χ0) is 30.6. The molecule has 42 heavy (non-hydrogen) atoms. The largest absolute Gasteiger partial charge is 0.481 e. The van der Waals surface area contributed by atoms with Crippen molar-refractivity contribution in [3.05, 3.63) is 52.8 Å². The number of aromatic nitrogens is 3. The van der Waals surface area contributed by atoms with Gasteiger partial charge in [-0.05, 0) is 70.1 Å². The van der Waals surface area contributed by atoms with Gasteiger partial charge >= 0.3 is 5.97 Å². The highest BCUT2D eigenvalue weighted by Gasteiger charge is 2.44. The van der Waals surface area contributed by atoms with Gasteiger partial charge in [-0.15, -0.1) is 0 Å². The van der Waals surface area contributed by atoms with Crippen molar-refractivity contribution >= 4 is 35.0 Å². The predicted octanol–water partition coefficient (Wildman–Crippen LogP) is 5.69. The summed E-state index contributed by atoms with van der Waals surface area (Å²) in [6.07, 6.45) is 3.84. The summed E-state index contributed by atoms with van der Waals surface area (Å²) in [4.78, 5) is 47.4. The lowest BCUT2D eigenvalue weighted by Crippen LogP contribution is -2.62. The van der Waals surface area contributed by atoms with E-state index in [4.69, 9.17) is 21.7 Å². The van der Waals surface area contributed by atoms with Crippen molar-refractivity contribution in [2.24, 2.45) is 11.3 Å². The van der Waals surface area contributed by atoms with Crippen LogP contribution in [-0.4, -0.2) is 72.5 Å². The van der Waals surface area contributed by atoms with Crippen molar-refractivity contribution < 1.29 is 19.5 Å². The average Bonchev–Trinajstić information content (AvgIpc) is 3.36. The van der Waals surface area contributed by atoms with Gasteiger partial charge in [-0.3, -0.25) is 14.4 Å². The summed E-state index contributed by atoms with van der Waals surface area (Å²) >= 11 is 6.10. The predicted molar refractivity (Wildman–Crippen MR) is 162 cm³/mol. The van der Waals surface area contributed by atoms with Gasteiger partial charge in [0.2, 0.25) is 5.91 Å². The van der Waals surface area contributed by atoms with Crippen LogP contribution in [-0.2, 0) is 15.0 Å². The number of halogens is 1. The molecule has 2 aliphatic rings. The number of aliphatic carboxylic acids is 1. The van der Waals surface area contributed by atoms with Crippen LogP contribution >= 0.6 is 11.6 Å². The quantitative estimate of drug-likeness (QED) is 0.416. The number of carboxylic acid groups (broad SMARTS) is 1. The Labute approximate surface area is 251 Å². The molecule has 3 heterocycles. The Balaban J connectivity index is 1.36. The molecule has 2 aromatic heterocycles. The number of benzene rings is 1. The molecule has 1 aliphatic carbocycles. The first-order valence-electron chi connectivity index (χ1n) is 14.6. The minimum Gasteiger partial charge on any atom is -0.481 e. The molecule has 0 radical (unpaired) electrons. The molecule has 224 valence electrons. The molecule has 1 saturated carbocycles. The fourth-order valence-electron chi connectivity index (χ4n) is 6.23. The third-order valence-corrected chi connectivity index (χ3v) is 9.26. The zero-order valence-electron chi connectivity index (χ0n) is 25.3. The summed E-state index contributed by atoms with van der Waals surface area (Å²) in [7, 11) is 0. The van der Waals surface area contributed by atoms with E-state index in [1.807, 2.05) is 49.1 Å². The van der Waals surface area contributed by atoms with E-state index in [1.54, 1.807) is 22.5 Å². The Hall–Kier alpha value is -3.46. The third kappa shape index (κ3) is 5.63. The zero-order valence-corrected chi connectivity index (χ0v) is 26.0. The van der Waals surface area contributed by atoms with Crippen LogP contribution in [0, 0.1) is 11.3 Å². The van der Waals surface area contributed by atoms with Gasteiger partial charge in [0.1, 0.15) is 5.69 Å². The van der Waals surface area contributed by atoms with Gasteiger partial charge in [-0.1, -0.05) is 44.5 Å². The van der Waals surface area contributed by atoms with E-state index in [0.717, 1.165) is 16.8 Å². The minimum atomic E-state index is -0.792. The molecule has 1 saturated heterocycles. The molecule has 0 unspecified atom stereocenters. The molecule has 3 aromatic rings. The number of amides is 2. The Morgan fingerprint density at radius 2 is 1.67 bits per heavy atom. The molecule has 1 aromatic carbocycles. The van der Waals surface area contributed by atoms with Crippen molar-refractivity contribution in [3.8, 4) is 11.3 Å². The standard InChI is InChI=1S/C32H40ClN5O4/c1-30(2,3)23-17-24(20-7-9-22(33)10-8-20)35-38-18-25(34-26(23)38)28(40)37-16-15-36(19-31(37,4)5)27(39)21-11-13-32(6,14-12-21)29(41)42/h7-10,17-18,21H,11-16,19H2,1-6H3,(H,41,42). The van der Waals surface area contributed by atoms with E-state index >= 15 is 0 Å². The summed E-state index contributed by atoms with van der Waals surface area (Å²) in [6, 6.07) is 9.53. The normalized spacial score (nSPS) is 22.8. The van der Waals surface area contributed by atoms with E-state index in [-0.39, 0.29) is 23.1 Å². The van der Waals surface area contributed by atoms with Gasteiger partial charge < -0.3 is 14.9 Å². The molecule has 0 spiro atoms. The first-order chi connectivity index (χ1) is 19.6. The second-order valence-corrected chi connectivity index (χ2v) is 14.2. The third-order valence-electron chi connectivity index (χ3n) is 9.01. The smallest absolute Gasteiger partial charge is 0.309 e. The molecular weight excluding hydrogens is 554 g/mol. The number of hydrogen-bond acceptors (Lipinski definition) is 5. The summed E-state index contributed by atoms with van der Waals surface area (Å²) < 4.78 is 1.69. The van der Waals surface area contributed by atoms with Crippen LogP contribution in [0.2, 0.25) is 5.02 Å². The topological polar surface area (TPSA) is 108 Å². The minimum absolute atomic E-state index is 0.0593. The van der Waals surface area contributed by atoms with Crippen LogP contribution in [0.15, 0.2) is 36.5 Å². The molecule has 5 rings (SSSR count). The van der Waals surface area contributed by atoms with Crippen LogP contribution in [0.1, 0.15) is 83.3 Å². The number of hydrogen-bond donors (Lipinski definition) is 1. The average molecular weight is 594 g/mol. The van der Waals surface area contributed by atoms with Gasteiger partial charge in [-0.2, -0.15) is 5.10 Å². The molecule has 9 nitrogen and oxygen atoms in total. The van der Waals surface area contributed by atoms with Crippen LogP contribution in [0.5, 0.6) is 0 Å². The van der Waals surface area contributed by atoms with E-state index in [1.165, 1.54) is 0 Å². The Morgan fingerprint density at radius 1 is 1.02 bits per heavy atom. The number of piperazine rings is 1. The van der Waals surface area contributed by atoms with Gasteiger partial charge in [0.25, 0.3) is 5.91 Å².